The lowest BCUT2D eigenvalue weighted by Crippen LogP contribution is -2.04. The summed E-state index contributed by atoms with van der Waals surface area (Å²) >= 11 is 0. The number of phenolic OH excluding ortho intramolecular Hbond substituents is 1. The summed E-state index contributed by atoms with van der Waals surface area (Å²) in [6.07, 6.45) is 5.37. The number of benzene rings is 2. The second-order valence-corrected chi connectivity index (χ2v) is 6.74. The zero-order valence-electron chi connectivity index (χ0n) is 18.9. The third-order valence-electron chi connectivity index (χ3n) is 4.91. The minimum Gasteiger partial charge on any atom is -0.507 e. The van der Waals surface area contributed by atoms with Gasteiger partial charge in [-0.15, -0.1) is 0 Å². The number of rotatable bonds is 11. The van der Waals surface area contributed by atoms with Gasteiger partial charge in [-0.05, 0) is 36.6 Å². The van der Waals surface area contributed by atoms with Crippen LogP contribution in [0.1, 0.15) is 41.3 Å². The number of phenols is 1. The van der Waals surface area contributed by atoms with E-state index in [1.807, 2.05) is 0 Å². The number of ketones is 1. The van der Waals surface area contributed by atoms with Gasteiger partial charge >= 0.3 is 0 Å². The maximum absolute atomic E-state index is 13.0. The average molecular weight is 430 g/mol. The van der Waals surface area contributed by atoms with E-state index in [1.165, 1.54) is 41.6 Å². The topological polar surface area (TPSA) is 83.5 Å². The summed E-state index contributed by atoms with van der Waals surface area (Å²) in [5.74, 6) is 1.62. The van der Waals surface area contributed by atoms with Crippen molar-refractivity contribution >= 4 is 11.9 Å². The standard InChI is InChI=1S/C24H30O7/c1-7-8-9-16-18(27-2)14-19(28-3)22(23(16)26)17(25)11-10-15-12-20(29-4)24(31-6)21(13-15)30-5/h10-14,26H,7-9H2,1-6H3/b11-10+. The molecule has 0 fully saturated rings. The van der Waals surface area contributed by atoms with Crippen molar-refractivity contribution in [3.05, 3.63) is 41.0 Å². The van der Waals surface area contributed by atoms with E-state index in [0.717, 1.165) is 12.8 Å². The SMILES string of the molecule is CCCCc1c(OC)cc(OC)c(C(=O)/C=C/c2cc(OC)c(OC)c(OC)c2)c1O. The van der Waals surface area contributed by atoms with Crippen molar-refractivity contribution in [1.82, 2.24) is 0 Å². The van der Waals surface area contributed by atoms with Gasteiger partial charge in [-0.2, -0.15) is 0 Å². The van der Waals surface area contributed by atoms with E-state index in [-0.39, 0.29) is 17.1 Å². The summed E-state index contributed by atoms with van der Waals surface area (Å²) in [6, 6.07) is 5.08. The molecule has 31 heavy (non-hydrogen) atoms. The van der Waals surface area contributed by atoms with Gasteiger partial charge in [0.05, 0.1) is 35.5 Å². The van der Waals surface area contributed by atoms with E-state index < -0.39 is 5.78 Å². The minimum atomic E-state index is -0.400. The van der Waals surface area contributed by atoms with Crippen LogP contribution in [0.15, 0.2) is 24.3 Å². The Kier molecular flexibility index (Phi) is 8.61. The molecule has 0 saturated carbocycles. The van der Waals surface area contributed by atoms with E-state index >= 15 is 0 Å². The Hall–Kier alpha value is -3.35. The zero-order valence-corrected chi connectivity index (χ0v) is 18.9. The highest BCUT2D eigenvalue weighted by Crippen LogP contribution is 2.41. The second-order valence-electron chi connectivity index (χ2n) is 6.74. The number of ether oxygens (including phenoxy) is 5. The molecule has 1 N–H and O–H groups in total. The van der Waals surface area contributed by atoms with Crippen LogP contribution in [0.2, 0.25) is 0 Å². The number of carbonyl (C=O) groups is 1. The van der Waals surface area contributed by atoms with Crippen LogP contribution in [0.5, 0.6) is 34.5 Å². The first-order valence-electron chi connectivity index (χ1n) is 9.94. The van der Waals surface area contributed by atoms with Crippen LogP contribution in [-0.4, -0.2) is 46.4 Å². The van der Waals surface area contributed by atoms with Crippen molar-refractivity contribution in [2.24, 2.45) is 0 Å². The van der Waals surface area contributed by atoms with Gasteiger partial charge in [0.2, 0.25) is 5.75 Å². The highest BCUT2D eigenvalue weighted by atomic mass is 16.5. The summed E-state index contributed by atoms with van der Waals surface area (Å²) in [6.45, 7) is 2.05. The van der Waals surface area contributed by atoms with Gasteiger partial charge in [0, 0.05) is 11.6 Å². The fraction of sp³-hybridized carbons (Fsp3) is 0.375. The molecule has 0 aliphatic carbocycles. The molecule has 0 aliphatic heterocycles. The van der Waals surface area contributed by atoms with E-state index in [4.69, 9.17) is 23.7 Å². The Morgan fingerprint density at radius 2 is 1.45 bits per heavy atom. The zero-order chi connectivity index (χ0) is 23.0. The summed E-state index contributed by atoms with van der Waals surface area (Å²) in [7, 11) is 7.53. The van der Waals surface area contributed by atoms with Gasteiger partial charge in [-0.3, -0.25) is 4.79 Å². The molecule has 7 nitrogen and oxygen atoms in total. The van der Waals surface area contributed by atoms with Gasteiger partial charge in [0.1, 0.15) is 22.8 Å². The predicted octanol–water partition coefficient (Wildman–Crippen LogP) is 4.67. The molecule has 0 aliphatic rings. The lowest BCUT2D eigenvalue weighted by molar-refractivity contribution is 0.104. The van der Waals surface area contributed by atoms with Crippen LogP contribution in [0.25, 0.3) is 6.08 Å². The van der Waals surface area contributed by atoms with Crippen LogP contribution >= 0.6 is 0 Å². The Bertz CT molecular complexity index is 922. The molecule has 2 aromatic rings. The summed E-state index contributed by atoms with van der Waals surface area (Å²) < 4.78 is 26.8. The fourth-order valence-corrected chi connectivity index (χ4v) is 3.29. The second kappa shape index (κ2) is 11.2. The number of hydrogen-bond donors (Lipinski definition) is 1. The highest BCUT2D eigenvalue weighted by Gasteiger charge is 2.23. The van der Waals surface area contributed by atoms with Gasteiger partial charge in [-0.1, -0.05) is 19.4 Å². The first kappa shape index (κ1) is 23.9. The van der Waals surface area contributed by atoms with Crippen LogP contribution in [0.3, 0.4) is 0 Å². The van der Waals surface area contributed by atoms with Crippen molar-refractivity contribution in [3.8, 4) is 34.5 Å². The van der Waals surface area contributed by atoms with Crippen molar-refractivity contribution in [3.63, 3.8) is 0 Å². The molecule has 0 amide bonds. The summed E-state index contributed by atoms with van der Waals surface area (Å²) in [5, 5.41) is 10.9. The molecule has 0 bridgehead atoms. The van der Waals surface area contributed by atoms with Crippen molar-refractivity contribution in [1.29, 1.82) is 0 Å². The van der Waals surface area contributed by atoms with Gasteiger partial charge in [-0.25, -0.2) is 0 Å². The maximum atomic E-state index is 13.0. The monoisotopic (exact) mass is 430 g/mol. The average Bonchev–Trinajstić information content (AvgIpc) is 2.80. The number of allylic oxidation sites excluding steroid dienone is 1. The van der Waals surface area contributed by atoms with Gasteiger partial charge < -0.3 is 28.8 Å². The predicted molar refractivity (Wildman–Crippen MR) is 119 cm³/mol. The molecule has 0 atom stereocenters. The van der Waals surface area contributed by atoms with Crippen LogP contribution in [0, 0.1) is 0 Å². The number of aromatic hydroxyl groups is 1. The Morgan fingerprint density at radius 1 is 0.871 bits per heavy atom. The quantitative estimate of drug-likeness (QED) is 0.409. The molecular formula is C24H30O7. The summed E-state index contributed by atoms with van der Waals surface area (Å²) in [4.78, 5) is 13.0. The van der Waals surface area contributed by atoms with E-state index in [9.17, 15) is 9.90 Å². The smallest absolute Gasteiger partial charge is 0.203 e. The minimum absolute atomic E-state index is 0.0955. The first-order valence-corrected chi connectivity index (χ1v) is 9.94. The first-order chi connectivity index (χ1) is 14.9. The molecule has 168 valence electrons. The number of methoxy groups -OCH3 is 5. The van der Waals surface area contributed by atoms with E-state index in [1.54, 1.807) is 24.3 Å². The number of unbranched alkanes of at least 4 members (excludes halogenated alkanes) is 1. The Morgan fingerprint density at radius 3 is 1.94 bits per heavy atom. The molecule has 0 radical (unpaired) electrons. The van der Waals surface area contributed by atoms with Gasteiger partial charge in [0.25, 0.3) is 0 Å². The Balaban J connectivity index is 2.48. The maximum Gasteiger partial charge on any atom is 0.203 e. The molecule has 0 unspecified atom stereocenters. The largest absolute Gasteiger partial charge is 0.507 e. The summed E-state index contributed by atoms with van der Waals surface area (Å²) in [5.41, 5.74) is 1.36. The molecule has 2 rings (SSSR count). The van der Waals surface area contributed by atoms with Crippen molar-refractivity contribution in [2.45, 2.75) is 26.2 Å². The number of carbonyl (C=O) groups excluding carboxylic acids is 1. The highest BCUT2D eigenvalue weighted by molar-refractivity contribution is 6.11. The molecular weight excluding hydrogens is 400 g/mol. The number of hydrogen-bond acceptors (Lipinski definition) is 7. The lowest BCUT2D eigenvalue weighted by Gasteiger charge is -2.16. The third kappa shape index (κ3) is 5.23. The molecule has 2 aromatic carbocycles. The van der Waals surface area contributed by atoms with Crippen LogP contribution in [0.4, 0.5) is 0 Å². The van der Waals surface area contributed by atoms with E-state index in [0.29, 0.717) is 40.5 Å². The van der Waals surface area contributed by atoms with E-state index in [2.05, 4.69) is 6.92 Å². The normalized spacial score (nSPS) is 10.8. The fourth-order valence-electron chi connectivity index (χ4n) is 3.29. The molecule has 0 saturated heterocycles. The lowest BCUT2D eigenvalue weighted by atomic mass is 9.98. The molecule has 0 spiro atoms. The molecule has 7 heteroatoms. The van der Waals surface area contributed by atoms with Gasteiger partial charge in [0.15, 0.2) is 17.3 Å². The van der Waals surface area contributed by atoms with Crippen LogP contribution in [-0.2, 0) is 6.42 Å². The molecule has 0 heterocycles. The van der Waals surface area contributed by atoms with Crippen LogP contribution < -0.4 is 23.7 Å². The van der Waals surface area contributed by atoms with Crippen molar-refractivity contribution in [2.75, 3.05) is 35.5 Å². The van der Waals surface area contributed by atoms with Crippen molar-refractivity contribution < 1.29 is 33.6 Å². The third-order valence-corrected chi connectivity index (χ3v) is 4.91. The molecule has 0 aromatic heterocycles. The Labute approximate surface area is 183 Å².